The van der Waals surface area contributed by atoms with Crippen LogP contribution in [0.1, 0.15) is 10.4 Å². The van der Waals surface area contributed by atoms with Gasteiger partial charge in [0.05, 0.1) is 18.2 Å². The molecule has 3 nitrogen and oxygen atoms in total. The Morgan fingerprint density at radius 1 is 1.50 bits per heavy atom. The number of carbonyl (C=O) groups excluding carboxylic acids is 1. The van der Waals surface area contributed by atoms with Gasteiger partial charge < -0.3 is 10.0 Å². The van der Waals surface area contributed by atoms with E-state index in [9.17, 15) is 13.6 Å². The third kappa shape index (κ3) is 4.19. The van der Waals surface area contributed by atoms with Crippen LogP contribution in [-0.4, -0.2) is 42.0 Å². The Morgan fingerprint density at radius 2 is 2.17 bits per heavy atom. The Hall–Kier alpha value is -0.720. The van der Waals surface area contributed by atoms with E-state index in [1.54, 1.807) is 0 Å². The van der Waals surface area contributed by atoms with Crippen LogP contribution in [0.2, 0.25) is 5.02 Å². The normalized spacial score (nSPS) is 10.8. The Bertz CT molecular complexity index is 432. The molecule has 7 heteroatoms. The molecule has 0 saturated carbocycles. The van der Waals surface area contributed by atoms with Crippen LogP contribution in [0.5, 0.6) is 0 Å². The summed E-state index contributed by atoms with van der Waals surface area (Å²) in [6.07, 6.45) is -2.64. The van der Waals surface area contributed by atoms with E-state index in [0.717, 1.165) is 4.90 Å². The second-order valence-corrected chi connectivity index (χ2v) is 4.76. The summed E-state index contributed by atoms with van der Waals surface area (Å²) in [4.78, 5) is 12.9. The first-order valence-electron chi connectivity index (χ1n) is 5.09. The van der Waals surface area contributed by atoms with Gasteiger partial charge in [0.2, 0.25) is 0 Å². The molecule has 0 aliphatic rings. The number of amides is 1. The van der Waals surface area contributed by atoms with Crippen molar-refractivity contribution in [1.29, 1.82) is 0 Å². The largest absolute Gasteiger partial charge is 0.395 e. The van der Waals surface area contributed by atoms with Crippen molar-refractivity contribution >= 4 is 33.4 Å². The van der Waals surface area contributed by atoms with Crippen molar-refractivity contribution in [2.45, 2.75) is 6.43 Å². The number of benzene rings is 1. The van der Waals surface area contributed by atoms with Crippen molar-refractivity contribution < 1.29 is 18.7 Å². The van der Waals surface area contributed by atoms with Crippen molar-refractivity contribution in [3.63, 3.8) is 0 Å². The molecule has 0 fully saturated rings. The van der Waals surface area contributed by atoms with Gasteiger partial charge in [0, 0.05) is 16.6 Å². The van der Waals surface area contributed by atoms with E-state index in [1.165, 1.54) is 18.2 Å². The quantitative estimate of drug-likeness (QED) is 0.894. The fourth-order valence-electron chi connectivity index (χ4n) is 1.37. The first-order chi connectivity index (χ1) is 8.45. The van der Waals surface area contributed by atoms with Gasteiger partial charge in [-0.2, -0.15) is 0 Å². The summed E-state index contributed by atoms with van der Waals surface area (Å²) in [5.41, 5.74) is 0.236. The minimum absolute atomic E-state index is 0.135. The lowest BCUT2D eigenvalue weighted by Crippen LogP contribution is -2.37. The van der Waals surface area contributed by atoms with E-state index < -0.39 is 18.9 Å². The summed E-state index contributed by atoms with van der Waals surface area (Å²) in [6.45, 7) is -1.21. The first-order valence-corrected chi connectivity index (χ1v) is 6.26. The van der Waals surface area contributed by atoms with E-state index in [-0.39, 0.29) is 18.7 Å². The van der Waals surface area contributed by atoms with E-state index >= 15 is 0 Å². The highest BCUT2D eigenvalue weighted by Gasteiger charge is 2.19. The van der Waals surface area contributed by atoms with Crippen molar-refractivity contribution in [3.05, 3.63) is 33.3 Å². The molecule has 0 atom stereocenters. The highest BCUT2D eigenvalue weighted by Crippen LogP contribution is 2.24. The molecule has 1 amide bonds. The van der Waals surface area contributed by atoms with Gasteiger partial charge in [-0.25, -0.2) is 8.78 Å². The Balaban J connectivity index is 2.90. The maximum Gasteiger partial charge on any atom is 0.255 e. The van der Waals surface area contributed by atoms with Crippen LogP contribution in [0.25, 0.3) is 0 Å². The number of nitrogens with zero attached hydrogens (tertiary/aromatic N) is 1. The number of rotatable bonds is 5. The van der Waals surface area contributed by atoms with Gasteiger partial charge in [-0.15, -0.1) is 0 Å². The molecule has 1 N–H and O–H groups in total. The Kier molecular flexibility index (Phi) is 5.98. The Labute approximate surface area is 116 Å². The molecule has 18 heavy (non-hydrogen) atoms. The summed E-state index contributed by atoms with van der Waals surface area (Å²) in [7, 11) is 0. The van der Waals surface area contributed by atoms with Gasteiger partial charge >= 0.3 is 0 Å². The average Bonchev–Trinajstić information content (AvgIpc) is 2.31. The Morgan fingerprint density at radius 3 is 2.67 bits per heavy atom. The second-order valence-electron chi connectivity index (χ2n) is 3.49. The molecule has 0 aromatic heterocycles. The van der Waals surface area contributed by atoms with Gasteiger partial charge in [0.1, 0.15) is 0 Å². The maximum absolute atomic E-state index is 12.3. The summed E-state index contributed by atoms with van der Waals surface area (Å²) < 4.78 is 25.2. The smallest absolute Gasteiger partial charge is 0.255 e. The third-order valence-electron chi connectivity index (χ3n) is 2.18. The van der Waals surface area contributed by atoms with Crippen LogP contribution < -0.4 is 0 Å². The molecular weight excluding hydrogens is 331 g/mol. The van der Waals surface area contributed by atoms with E-state index in [4.69, 9.17) is 16.7 Å². The zero-order valence-electron chi connectivity index (χ0n) is 9.25. The lowest BCUT2D eigenvalue weighted by Gasteiger charge is -2.21. The lowest BCUT2D eigenvalue weighted by atomic mass is 10.2. The number of aliphatic hydroxyl groups is 1. The second kappa shape index (κ2) is 7.01. The number of alkyl halides is 2. The van der Waals surface area contributed by atoms with Crippen molar-refractivity contribution in [2.24, 2.45) is 0 Å². The number of hydrogen-bond acceptors (Lipinski definition) is 2. The summed E-state index contributed by atoms with van der Waals surface area (Å²) in [5.74, 6) is -0.568. The van der Waals surface area contributed by atoms with Crippen LogP contribution in [0, 0.1) is 0 Å². The highest BCUT2D eigenvalue weighted by molar-refractivity contribution is 9.10. The predicted octanol–water partition coefficient (Wildman–Crippen LogP) is 2.80. The molecule has 0 saturated heterocycles. The van der Waals surface area contributed by atoms with Gasteiger partial charge in [-0.05, 0) is 34.1 Å². The van der Waals surface area contributed by atoms with Crippen LogP contribution in [0.4, 0.5) is 8.78 Å². The zero-order chi connectivity index (χ0) is 13.7. The van der Waals surface area contributed by atoms with E-state index in [0.29, 0.717) is 9.50 Å². The highest BCUT2D eigenvalue weighted by atomic mass is 79.9. The van der Waals surface area contributed by atoms with Crippen molar-refractivity contribution in [1.82, 2.24) is 4.90 Å². The lowest BCUT2D eigenvalue weighted by molar-refractivity contribution is 0.0509. The zero-order valence-corrected chi connectivity index (χ0v) is 11.6. The van der Waals surface area contributed by atoms with Gasteiger partial charge in [-0.1, -0.05) is 11.6 Å². The molecule has 1 aromatic rings. The molecule has 0 heterocycles. The molecule has 0 unspecified atom stereocenters. The first kappa shape index (κ1) is 15.3. The van der Waals surface area contributed by atoms with E-state index in [1.807, 2.05) is 0 Å². The molecule has 1 rings (SSSR count). The minimum Gasteiger partial charge on any atom is -0.395 e. The SMILES string of the molecule is O=C(c1ccc(Cl)c(Br)c1)N(CCO)CC(F)F. The fraction of sp³-hybridized carbons (Fsp3) is 0.364. The molecule has 0 aliphatic carbocycles. The van der Waals surface area contributed by atoms with Crippen LogP contribution in [0.3, 0.4) is 0 Å². The standard InChI is InChI=1S/C11H11BrClF2NO2/c12-8-5-7(1-2-9(8)13)11(18)16(3-4-17)6-10(14)15/h1-2,5,10,17H,3-4,6H2. The predicted molar refractivity (Wildman–Crippen MR) is 68.1 cm³/mol. The molecular formula is C11H11BrClF2NO2. The minimum atomic E-state index is -2.64. The third-order valence-corrected chi connectivity index (χ3v) is 3.40. The van der Waals surface area contributed by atoms with Crippen LogP contribution in [0.15, 0.2) is 22.7 Å². The monoisotopic (exact) mass is 341 g/mol. The fourth-order valence-corrected chi connectivity index (χ4v) is 1.87. The van der Waals surface area contributed by atoms with E-state index in [2.05, 4.69) is 15.9 Å². The van der Waals surface area contributed by atoms with Gasteiger partial charge in [0.15, 0.2) is 0 Å². The van der Waals surface area contributed by atoms with Crippen molar-refractivity contribution in [3.8, 4) is 0 Å². The van der Waals surface area contributed by atoms with Crippen LogP contribution >= 0.6 is 27.5 Å². The number of carbonyl (C=O) groups is 1. The summed E-state index contributed by atoms with van der Waals surface area (Å²) in [6, 6.07) is 4.41. The number of aliphatic hydroxyl groups excluding tert-OH is 1. The molecule has 0 bridgehead atoms. The van der Waals surface area contributed by atoms with Crippen molar-refractivity contribution in [2.75, 3.05) is 19.7 Å². The molecule has 0 aliphatic heterocycles. The number of hydrogen-bond donors (Lipinski definition) is 1. The molecule has 1 aromatic carbocycles. The van der Waals surface area contributed by atoms with Crippen LogP contribution in [-0.2, 0) is 0 Å². The topological polar surface area (TPSA) is 40.5 Å². The number of halogens is 4. The molecule has 100 valence electrons. The summed E-state index contributed by atoms with van der Waals surface area (Å²) >= 11 is 8.93. The average molecular weight is 343 g/mol. The summed E-state index contributed by atoms with van der Waals surface area (Å²) in [5, 5.41) is 9.20. The van der Waals surface area contributed by atoms with Gasteiger partial charge in [0.25, 0.3) is 12.3 Å². The molecule has 0 spiro atoms. The molecule has 0 radical (unpaired) electrons. The van der Waals surface area contributed by atoms with Gasteiger partial charge in [-0.3, -0.25) is 4.79 Å². The maximum atomic E-state index is 12.3.